The van der Waals surface area contributed by atoms with Gasteiger partial charge in [0, 0.05) is 21.6 Å². The number of nitrogens with one attached hydrogen (secondary N) is 1. The molecule has 2 aliphatic heterocycles. The molecule has 3 fully saturated rings. The Hall–Kier alpha value is -2.84. The fraction of sp³-hybridized carbons (Fsp3) is 0.346. The average Bonchev–Trinajstić information content (AvgIpc) is 3.58. The summed E-state index contributed by atoms with van der Waals surface area (Å²) in [6.45, 7) is 0. The third kappa shape index (κ3) is 2.61. The van der Waals surface area contributed by atoms with Crippen molar-refractivity contribution in [2.75, 3.05) is 12.0 Å². The number of carbonyl (C=O) groups is 2. The van der Waals surface area contributed by atoms with Crippen molar-refractivity contribution >= 4 is 40.6 Å². The molecule has 2 aliphatic carbocycles. The maximum atomic E-state index is 13.7. The number of methoxy groups -OCH3 is 1. The Kier molecular flexibility index (Phi) is 4.42. The highest BCUT2D eigenvalue weighted by Gasteiger charge is 2.69. The maximum Gasteiger partial charge on any atom is 0.305 e. The van der Waals surface area contributed by atoms with Gasteiger partial charge in [-0.15, -0.1) is 11.8 Å². The summed E-state index contributed by atoms with van der Waals surface area (Å²) >= 11 is 2.97. The van der Waals surface area contributed by atoms with Crippen molar-refractivity contribution in [2.24, 2.45) is 29.6 Å². The van der Waals surface area contributed by atoms with Crippen LogP contribution in [0, 0.1) is 29.6 Å². The summed E-state index contributed by atoms with van der Waals surface area (Å²) in [6.07, 6.45) is 0.878. The van der Waals surface area contributed by atoms with Gasteiger partial charge in [-0.2, -0.15) is 0 Å². The third-order valence-electron chi connectivity index (χ3n) is 8.21. The number of nitrogens with zero attached hydrogens (tertiary/aromatic N) is 1. The van der Waals surface area contributed by atoms with Crippen molar-refractivity contribution in [3.05, 3.63) is 74.7 Å². The Morgan fingerprint density at radius 1 is 0.941 bits per heavy atom. The van der Waals surface area contributed by atoms with Crippen LogP contribution in [0.1, 0.15) is 22.8 Å². The van der Waals surface area contributed by atoms with Gasteiger partial charge in [0.15, 0.2) is 0 Å². The average molecular weight is 491 g/mol. The Balaban J connectivity index is 1.36. The van der Waals surface area contributed by atoms with E-state index in [0.717, 1.165) is 27.6 Å². The molecule has 2 aromatic carbocycles. The number of carbonyl (C=O) groups excluding carboxylic acids is 2. The summed E-state index contributed by atoms with van der Waals surface area (Å²) in [7, 11) is 1.67. The number of rotatable bonds is 3. The van der Waals surface area contributed by atoms with Crippen molar-refractivity contribution in [1.82, 2.24) is 4.98 Å². The molecule has 1 aromatic heterocycles. The fourth-order valence-electron chi connectivity index (χ4n) is 7.12. The predicted octanol–water partition coefficient (Wildman–Crippen LogP) is 4.12. The van der Waals surface area contributed by atoms with Gasteiger partial charge < -0.3 is 9.72 Å². The number of imide groups is 1. The van der Waals surface area contributed by atoms with E-state index in [9.17, 15) is 14.4 Å². The zero-order valence-corrected chi connectivity index (χ0v) is 20.0. The quantitative estimate of drug-likeness (QED) is 0.559. The Bertz CT molecular complexity index is 1380. The highest BCUT2D eigenvalue weighted by Crippen LogP contribution is 2.69. The second-order valence-corrected chi connectivity index (χ2v) is 11.8. The molecule has 2 saturated carbocycles. The van der Waals surface area contributed by atoms with Gasteiger partial charge in [-0.3, -0.25) is 19.3 Å². The number of anilines is 1. The van der Waals surface area contributed by atoms with Gasteiger partial charge in [-0.25, -0.2) is 0 Å². The van der Waals surface area contributed by atoms with Crippen LogP contribution < -0.4 is 14.5 Å². The van der Waals surface area contributed by atoms with E-state index in [4.69, 9.17) is 4.74 Å². The molecule has 1 N–H and O–H groups in total. The van der Waals surface area contributed by atoms with Gasteiger partial charge in [0.2, 0.25) is 11.8 Å². The number of amides is 2. The lowest BCUT2D eigenvalue weighted by molar-refractivity contribution is -0.123. The van der Waals surface area contributed by atoms with Crippen LogP contribution in [0.4, 0.5) is 5.69 Å². The van der Waals surface area contributed by atoms with Gasteiger partial charge in [-0.1, -0.05) is 47.7 Å². The van der Waals surface area contributed by atoms with Crippen LogP contribution in [-0.4, -0.2) is 29.2 Å². The molecule has 6 nitrogen and oxygen atoms in total. The first-order valence-electron chi connectivity index (χ1n) is 11.5. The van der Waals surface area contributed by atoms with E-state index in [-0.39, 0.29) is 57.4 Å². The summed E-state index contributed by atoms with van der Waals surface area (Å²) in [5.41, 5.74) is 1.71. The van der Waals surface area contributed by atoms with Crippen molar-refractivity contribution in [1.29, 1.82) is 0 Å². The number of thioether (sulfide) groups is 1. The zero-order valence-electron chi connectivity index (χ0n) is 18.3. The molecule has 7 atom stereocenters. The van der Waals surface area contributed by atoms with Crippen molar-refractivity contribution in [2.45, 2.75) is 22.6 Å². The minimum atomic E-state index is -0.297. The third-order valence-corrected chi connectivity index (χ3v) is 10.8. The molecule has 6 unspecified atom stereocenters. The van der Waals surface area contributed by atoms with Crippen LogP contribution >= 0.6 is 23.1 Å². The largest absolute Gasteiger partial charge is 0.496 e. The van der Waals surface area contributed by atoms with E-state index in [1.54, 1.807) is 18.9 Å². The number of benzene rings is 2. The zero-order chi connectivity index (χ0) is 23.1. The molecule has 34 heavy (non-hydrogen) atoms. The van der Waals surface area contributed by atoms with Gasteiger partial charge in [-0.05, 0) is 42.4 Å². The topological polar surface area (TPSA) is 79.5 Å². The Labute approximate surface area is 204 Å². The highest BCUT2D eigenvalue weighted by atomic mass is 32.2. The molecule has 8 heteroatoms. The van der Waals surface area contributed by atoms with Gasteiger partial charge >= 0.3 is 4.87 Å². The van der Waals surface area contributed by atoms with E-state index in [1.165, 1.54) is 16.2 Å². The van der Waals surface area contributed by atoms with Gasteiger partial charge in [0.1, 0.15) is 5.75 Å². The van der Waals surface area contributed by atoms with Crippen LogP contribution in [-0.2, 0) is 9.59 Å². The summed E-state index contributed by atoms with van der Waals surface area (Å²) < 4.78 is 5.73. The first-order valence-corrected chi connectivity index (χ1v) is 13.2. The molecule has 3 aromatic rings. The second-order valence-electron chi connectivity index (χ2n) is 9.55. The standard InChI is InChI=1S/C26H22N2O4S2/c1-32-16-10-6-5-9-13(16)17-18-14-11-15(21(18)33-23-22(17)34-26(31)27-23)20-19(14)24(29)28(25(20)30)12-7-3-2-4-8-12/h2-10,14-15,17-21H,11H2,1H3,(H,27,31)/t14?,15?,17?,18-,19?,20?,21?/m0/s1. The van der Waals surface area contributed by atoms with Crippen LogP contribution in [0.25, 0.3) is 0 Å². The summed E-state index contributed by atoms with van der Waals surface area (Å²) in [5.74, 6) is 0.427. The fourth-order valence-corrected chi connectivity index (χ4v) is 10.00. The normalized spacial score (nSPS) is 33.1. The van der Waals surface area contributed by atoms with Crippen molar-refractivity contribution < 1.29 is 14.3 Å². The Morgan fingerprint density at radius 3 is 2.41 bits per heavy atom. The predicted molar refractivity (Wildman–Crippen MR) is 130 cm³/mol. The minimum Gasteiger partial charge on any atom is -0.496 e. The van der Waals surface area contributed by atoms with Gasteiger partial charge in [0.25, 0.3) is 0 Å². The highest BCUT2D eigenvalue weighted by molar-refractivity contribution is 8.00. The molecule has 1 saturated heterocycles. The van der Waals surface area contributed by atoms with E-state index in [0.29, 0.717) is 5.69 Å². The lowest BCUT2D eigenvalue weighted by atomic mass is 9.68. The molecule has 0 radical (unpaired) electrons. The van der Waals surface area contributed by atoms with E-state index in [2.05, 4.69) is 11.1 Å². The number of ether oxygens (including phenoxy) is 1. The molecule has 172 valence electrons. The molecule has 4 aliphatic rings. The molecule has 0 spiro atoms. The number of aromatic nitrogens is 1. The van der Waals surface area contributed by atoms with Crippen LogP contribution in [0.3, 0.4) is 0 Å². The lowest BCUT2D eigenvalue weighted by Crippen LogP contribution is -2.42. The number of thiazole rings is 1. The number of para-hydroxylation sites is 2. The van der Waals surface area contributed by atoms with E-state index in [1.807, 2.05) is 48.5 Å². The molecular formula is C26H22N2O4S2. The lowest BCUT2D eigenvalue weighted by Gasteiger charge is -2.43. The number of fused-ring (bicyclic) bond motifs is 9. The maximum absolute atomic E-state index is 13.7. The van der Waals surface area contributed by atoms with Crippen LogP contribution in [0.2, 0.25) is 0 Å². The number of H-pyrrole nitrogens is 1. The molecule has 2 amide bonds. The molecule has 2 bridgehead atoms. The van der Waals surface area contributed by atoms with Gasteiger partial charge in [0.05, 0.1) is 29.7 Å². The first-order chi connectivity index (χ1) is 16.6. The number of hydrogen-bond donors (Lipinski definition) is 1. The molecule has 7 rings (SSSR count). The Morgan fingerprint density at radius 2 is 1.65 bits per heavy atom. The first kappa shape index (κ1) is 20.5. The molecule has 3 heterocycles. The minimum absolute atomic E-state index is 0.0361. The number of aromatic amines is 1. The number of hydrogen-bond acceptors (Lipinski definition) is 6. The van der Waals surface area contributed by atoms with Crippen LogP contribution in [0.15, 0.2) is 64.4 Å². The summed E-state index contributed by atoms with van der Waals surface area (Å²) in [5, 5.41) is 1.08. The smallest absolute Gasteiger partial charge is 0.305 e. The molecular weight excluding hydrogens is 468 g/mol. The monoisotopic (exact) mass is 490 g/mol. The summed E-state index contributed by atoms with van der Waals surface area (Å²) in [6, 6.07) is 17.3. The van der Waals surface area contributed by atoms with Crippen molar-refractivity contribution in [3.8, 4) is 5.75 Å². The van der Waals surface area contributed by atoms with E-state index < -0.39 is 0 Å². The summed E-state index contributed by atoms with van der Waals surface area (Å²) in [4.78, 5) is 45.1. The van der Waals surface area contributed by atoms with Crippen molar-refractivity contribution in [3.63, 3.8) is 0 Å². The SMILES string of the molecule is COc1ccccc1C1c2sc(=O)[nH]c2SC2C3CC(C4C(=O)N(c5ccccc5)C(=O)C34)[C@@H]12. The second kappa shape index (κ2) is 7.33. The van der Waals surface area contributed by atoms with E-state index >= 15 is 0 Å². The van der Waals surface area contributed by atoms with Crippen LogP contribution in [0.5, 0.6) is 5.75 Å².